The van der Waals surface area contributed by atoms with Gasteiger partial charge in [-0.1, -0.05) is 44.4 Å². The molecule has 1 saturated heterocycles. The van der Waals surface area contributed by atoms with Crippen LogP contribution in [0.1, 0.15) is 89.9 Å². The van der Waals surface area contributed by atoms with Crippen LogP contribution in [-0.4, -0.2) is 33.3 Å². The molecule has 220 valence electrons. The number of carbonyl (C=O) groups is 1. The number of fused-ring (bicyclic) bond motifs is 2. The molecule has 0 spiro atoms. The number of carbonyl (C=O) groups excluding carboxylic acids is 1. The van der Waals surface area contributed by atoms with Gasteiger partial charge in [0.1, 0.15) is 5.65 Å². The molecule has 0 bridgehead atoms. The molecule has 0 amide bonds. The van der Waals surface area contributed by atoms with Gasteiger partial charge in [-0.2, -0.15) is 18.4 Å². The average molecular weight is 575 g/mol. The Morgan fingerprint density at radius 1 is 1.12 bits per heavy atom. The third kappa shape index (κ3) is 5.34. The Kier molecular flexibility index (Phi) is 7.63. The summed E-state index contributed by atoms with van der Waals surface area (Å²) in [7, 11) is 1.73. The van der Waals surface area contributed by atoms with Gasteiger partial charge in [-0.25, -0.2) is 4.98 Å². The Balaban J connectivity index is 1.25. The predicted octanol–water partition coefficient (Wildman–Crippen LogP) is 7.80. The van der Waals surface area contributed by atoms with E-state index in [4.69, 9.17) is 0 Å². The third-order valence-electron chi connectivity index (χ3n) is 10.1. The molecule has 5 nitrogen and oxygen atoms in total. The van der Waals surface area contributed by atoms with E-state index in [-0.39, 0.29) is 33.6 Å². The summed E-state index contributed by atoms with van der Waals surface area (Å²) in [5.41, 5.74) is 1.75. The van der Waals surface area contributed by atoms with Crippen molar-refractivity contribution in [1.29, 1.82) is 5.26 Å². The van der Waals surface area contributed by atoms with Crippen LogP contribution in [0.2, 0.25) is 0 Å². The van der Waals surface area contributed by atoms with Crippen molar-refractivity contribution in [2.24, 2.45) is 24.8 Å². The average Bonchev–Trinajstić information content (AvgIpc) is 3.57. The molecule has 3 heterocycles. The van der Waals surface area contributed by atoms with Gasteiger partial charge in [0.25, 0.3) is 0 Å². The fourth-order valence-corrected chi connectivity index (χ4v) is 7.96. The normalized spacial score (nSPS) is 23.1. The van der Waals surface area contributed by atoms with Crippen molar-refractivity contribution in [3.63, 3.8) is 0 Å². The molecule has 2 aromatic heterocycles. The maximum atomic E-state index is 14.8. The lowest BCUT2D eigenvalue weighted by Crippen LogP contribution is -2.34. The van der Waals surface area contributed by atoms with Gasteiger partial charge in [-0.15, -0.1) is 0 Å². The molecule has 1 unspecified atom stereocenters. The van der Waals surface area contributed by atoms with Crippen LogP contribution in [0.25, 0.3) is 11.0 Å². The summed E-state index contributed by atoms with van der Waals surface area (Å²) < 4.78 is 46.0. The van der Waals surface area contributed by atoms with Gasteiger partial charge in [-0.3, -0.25) is 4.79 Å². The standard InChI is InChI=1S/C34H37F3N4O/c1-21(27-15-24-7-3-4-8-25(24)16-27)41-12-10-23(11-13-41)29-20-40(2)33-31(29)32(34(35,36)37)28(19-39-33)17-30(42)26-9-5-6-22(14-26)18-38/h5-6,9,14,19-20,23-25,27H,1,3-4,7-8,10-13,15-17H2,2H3/t24-,25+,27?. The molecule has 3 aliphatic rings. The van der Waals surface area contributed by atoms with E-state index < -0.39 is 23.9 Å². The summed E-state index contributed by atoms with van der Waals surface area (Å²) in [6.45, 7) is 6.08. The zero-order valence-corrected chi connectivity index (χ0v) is 24.1. The number of likely N-dealkylation sites (tertiary alicyclic amines) is 1. The van der Waals surface area contributed by atoms with E-state index in [0.717, 1.165) is 37.8 Å². The lowest BCUT2D eigenvalue weighted by Gasteiger charge is -2.37. The SMILES string of the molecule is C=C(C1C[C@H]2CCCC[C@H]2C1)N1CCC(c2cn(C)c3ncc(CC(=O)c4cccc(C#N)c4)c(C(F)(F)F)c23)CC1. The second kappa shape index (κ2) is 11.2. The van der Waals surface area contributed by atoms with E-state index in [9.17, 15) is 23.2 Å². The van der Waals surface area contributed by atoms with Crippen molar-refractivity contribution in [3.8, 4) is 6.07 Å². The van der Waals surface area contributed by atoms with Gasteiger partial charge in [0, 0.05) is 55.6 Å². The number of pyridine rings is 1. The minimum Gasteiger partial charge on any atom is -0.375 e. The number of hydrogen-bond donors (Lipinski definition) is 0. The second-order valence-corrected chi connectivity index (χ2v) is 12.6. The van der Waals surface area contributed by atoms with Crippen LogP contribution in [0.5, 0.6) is 0 Å². The highest BCUT2D eigenvalue weighted by atomic mass is 19.4. The van der Waals surface area contributed by atoms with E-state index in [0.29, 0.717) is 11.5 Å². The third-order valence-corrected chi connectivity index (χ3v) is 10.1. The molecule has 2 aliphatic carbocycles. The number of Topliss-reactive ketones (excluding diaryl/α,β-unsaturated/α-hetero) is 1. The summed E-state index contributed by atoms with van der Waals surface area (Å²) in [6, 6.07) is 8.03. The van der Waals surface area contributed by atoms with Crippen LogP contribution in [0.4, 0.5) is 13.2 Å². The molecule has 3 atom stereocenters. The summed E-state index contributed by atoms with van der Waals surface area (Å²) in [4.78, 5) is 19.9. The van der Waals surface area contributed by atoms with Crippen molar-refractivity contribution in [2.75, 3.05) is 13.1 Å². The fourth-order valence-electron chi connectivity index (χ4n) is 7.96. The summed E-state index contributed by atoms with van der Waals surface area (Å²) in [5.74, 6) is 1.68. The molecule has 3 aromatic rings. The minimum absolute atomic E-state index is 0.0370. The lowest BCUT2D eigenvalue weighted by atomic mass is 9.82. The molecule has 3 fully saturated rings. The largest absolute Gasteiger partial charge is 0.417 e. The lowest BCUT2D eigenvalue weighted by molar-refractivity contribution is -0.136. The van der Waals surface area contributed by atoms with Gasteiger partial charge in [0.05, 0.1) is 17.2 Å². The fraction of sp³-hybridized carbons (Fsp3) is 0.500. The summed E-state index contributed by atoms with van der Waals surface area (Å²) in [6.07, 6.45) is 7.21. The number of nitriles is 1. The molecule has 8 heteroatoms. The number of hydrogen-bond acceptors (Lipinski definition) is 4. The minimum atomic E-state index is -4.66. The van der Waals surface area contributed by atoms with E-state index in [2.05, 4.69) is 16.5 Å². The number of aryl methyl sites for hydroxylation is 1. The highest BCUT2D eigenvalue weighted by Gasteiger charge is 2.40. The quantitative estimate of drug-likeness (QED) is 0.282. The van der Waals surface area contributed by atoms with Crippen molar-refractivity contribution in [3.05, 3.63) is 76.8 Å². The van der Waals surface area contributed by atoms with Crippen molar-refractivity contribution in [2.45, 2.75) is 69.9 Å². The zero-order valence-electron chi connectivity index (χ0n) is 24.1. The van der Waals surface area contributed by atoms with E-state index in [1.165, 1.54) is 62.6 Å². The highest BCUT2D eigenvalue weighted by molar-refractivity contribution is 5.99. The zero-order chi connectivity index (χ0) is 29.6. The Morgan fingerprint density at radius 2 is 1.81 bits per heavy atom. The molecule has 1 aliphatic heterocycles. The number of allylic oxidation sites excluding steroid dienone is 1. The van der Waals surface area contributed by atoms with Crippen molar-refractivity contribution in [1.82, 2.24) is 14.5 Å². The molecule has 6 rings (SSSR count). The van der Waals surface area contributed by atoms with Crippen molar-refractivity contribution < 1.29 is 18.0 Å². The highest BCUT2D eigenvalue weighted by Crippen LogP contribution is 2.49. The Bertz CT molecular complexity index is 1540. The number of halogens is 3. The smallest absolute Gasteiger partial charge is 0.375 e. The van der Waals surface area contributed by atoms with Gasteiger partial charge < -0.3 is 9.47 Å². The molecule has 0 radical (unpaired) electrons. The number of piperidine rings is 1. The van der Waals surface area contributed by atoms with E-state index >= 15 is 0 Å². The first-order chi connectivity index (χ1) is 20.1. The molecular weight excluding hydrogens is 537 g/mol. The molecule has 2 saturated carbocycles. The first-order valence-electron chi connectivity index (χ1n) is 15.1. The summed E-state index contributed by atoms with van der Waals surface area (Å²) >= 11 is 0. The van der Waals surface area contributed by atoms with Crippen LogP contribution in [0, 0.1) is 29.1 Å². The van der Waals surface area contributed by atoms with Crippen LogP contribution in [-0.2, 0) is 19.6 Å². The maximum Gasteiger partial charge on any atom is 0.417 e. The number of nitrogens with zero attached hydrogens (tertiary/aromatic N) is 4. The number of ketones is 1. The summed E-state index contributed by atoms with van der Waals surface area (Å²) in [5, 5.41) is 9.28. The topological polar surface area (TPSA) is 61.9 Å². The Hall–Kier alpha value is -3.60. The Morgan fingerprint density at radius 3 is 2.45 bits per heavy atom. The maximum absolute atomic E-state index is 14.8. The van der Waals surface area contributed by atoms with Crippen LogP contribution in [0.3, 0.4) is 0 Å². The van der Waals surface area contributed by atoms with Gasteiger partial charge in [0.2, 0.25) is 0 Å². The first-order valence-corrected chi connectivity index (χ1v) is 15.1. The van der Waals surface area contributed by atoms with Crippen LogP contribution in [0.15, 0.2) is 48.9 Å². The van der Waals surface area contributed by atoms with E-state index in [1.807, 2.05) is 6.07 Å². The first kappa shape index (κ1) is 28.5. The van der Waals surface area contributed by atoms with Crippen molar-refractivity contribution >= 4 is 16.8 Å². The van der Waals surface area contributed by atoms with Gasteiger partial charge in [-0.05, 0) is 72.6 Å². The molecular formula is C34H37F3N4O. The monoisotopic (exact) mass is 574 g/mol. The molecule has 42 heavy (non-hydrogen) atoms. The number of aromatic nitrogens is 2. The molecule has 0 N–H and O–H groups in total. The predicted molar refractivity (Wildman–Crippen MR) is 156 cm³/mol. The van der Waals surface area contributed by atoms with Crippen LogP contribution < -0.4 is 0 Å². The van der Waals surface area contributed by atoms with E-state index in [1.54, 1.807) is 29.9 Å². The van der Waals surface area contributed by atoms with Gasteiger partial charge >= 0.3 is 6.18 Å². The van der Waals surface area contributed by atoms with Gasteiger partial charge in [0.15, 0.2) is 5.78 Å². The number of rotatable bonds is 6. The Labute approximate surface area is 245 Å². The number of alkyl halides is 3. The number of benzene rings is 1. The molecule has 1 aromatic carbocycles. The van der Waals surface area contributed by atoms with Crippen LogP contribution >= 0.6 is 0 Å². The second-order valence-electron chi connectivity index (χ2n) is 12.6.